The Morgan fingerprint density at radius 1 is 1.45 bits per heavy atom. The van der Waals surface area contributed by atoms with Crippen LogP contribution in [0, 0.1) is 21.4 Å². The molecule has 0 bridgehead atoms. The van der Waals surface area contributed by atoms with E-state index in [0.717, 1.165) is 5.56 Å². The van der Waals surface area contributed by atoms with Gasteiger partial charge in [0.25, 0.3) is 0 Å². The van der Waals surface area contributed by atoms with Gasteiger partial charge >= 0.3 is 5.69 Å². The SMILES string of the molecule is N#Cc1cccc(CNc2ncc(Br)cc2[N+](=O)[O-])c1. The molecule has 0 aliphatic carbocycles. The van der Waals surface area contributed by atoms with Crippen LogP contribution in [0.4, 0.5) is 11.5 Å². The highest BCUT2D eigenvalue weighted by atomic mass is 79.9. The summed E-state index contributed by atoms with van der Waals surface area (Å²) in [6, 6.07) is 10.4. The van der Waals surface area contributed by atoms with Gasteiger partial charge in [0, 0.05) is 23.3 Å². The van der Waals surface area contributed by atoms with Gasteiger partial charge in [-0.2, -0.15) is 5.26 Å². The molecular weight excluding hydrogens is 324 g/mol. The summed E-state index contributed by atoms with van der Waals surface area (Å²) < 4.78 is 0.543. The summed E-state index contributed by atoms with van der Waals surface area (Å²) in [5, 5.41) is 22.7. The average molecular weight is 333 g/mol. The molecule has 100 valence electrons. The maximum absolute atomic E-state index is 10.9. The highest BCUT2D eigenvalue weighted by Gasteiger charge is 2.15. The Balaban J connectivity index is 2.19. The molecule has 2 rings (SSSR count). The first-order chi connectivity index (χ1) is 9.60. The van der Waals surface area contributed by atoms with Crippen LogP contribution in [0.1, 0.15) is 11.1 Å². The second-order valence-corrected chi connectivity index (χ2v) is 4.86. The third kappa shape index (κ3) is 3.30. The summed E-state index contributed by atoms with van der Waals surface area (Å²) in [6.07, 6.45) is 1.49. The molecule has 0 spiro atoms. The van der Waals surface area contributed by atoms with Crippen LogP contribution in [0.25, 0.3) is 0 Å². The van der Waals surface area contributed by atoms with Crippen molar-refractivity contribution in [1.29, 1.82) is 5.26 Å². The first-order valence-electron chi connectivity index (χ1n) is 5.63. The fourth-order valence-electron chi connectivity index (χ4n) is 1.64. The molecule has 0 fully saturated rings. The van der Waals surface area contributed by atoms with Crippen molar-refractivity contribution >= 4 is 27.4 Å². The van der Waals surface area contributed by atoms with Crippen molar-refractivity contribution in [1.82, 2.24) is 4.98 Å². The summed E-state index contributed by atoms with van der Waals surface area (Å²) in [7, 11) is 0. The zero-order valence-corrected chi connectivity index (χ0v) is 11.8. The van der Waals surface area contributed by atoms with Gasteiger partial charge in [-0.05, 0) is 33.6 Å². The molecule has 1 aromatic heterocycles. The van der Waals surface area contributed by atoms with Crippen molar-refractivity contribution in [2.75, 3.05) is 5.32 Å². The number of hydrogen-bond acceptors (Lipinski definition) is 5. The van der Waals surface area contributed by atoms with E-state index in [2.05, 4.69) is 26.2 Å². The van der Waals surface area contributed by atoms with Gasteiger partial charge in [0.05, 0.1) is 16.6 Å². The topological polar surface area (TPSA) is 91.8 Å². The van der Waals surface area contributed by atoms with Crippen LogP contribution in [-0.2, 0) is 6.54 Å². The lowest BCUT2D eigenvalue weighted by atomic mass is 10.1. The summed E-state index contributed by atoms with van der Waals surface area (Å²) in [4.78, 5) is 14.4. The summed E-state index contributed by atoms with van der Waals surface area (Å²) >= 11 is 3.15. The fourth-order valence-corrected chi connectivity index (χ4v) is 1.96. The first kappa shape index (κ1) is 14.0. The van der Waals surface area contributed by atoms with Crippen molar-refractivity contribution in [2.24, 2.45) is 0 Å². The quantitative estimate of drug-likeness (QED) is 0.685. The average Bonchev–Trinajstić information content (AvgIpc) is 2.46. The molecule has 0 amide bonds. The van der Waals surface area contributed by atoms with Crippen LogP contribution in [0.5, 0.6) is 0 Å². The molecule has 0 aliphatic heterocycles. The van der Waals surface area contributed by atoms with Crippen LogP contribution in [-0.4, -0.2) is 9.91 Å². The Morgan fingerprint density at radius 3 is 2.95 bits per heavy atom. The van der Waals surface area contributed by atoms with Gasteiger partial charge in [-0.1, -0.05) is 12.1 Å². The van der Waals surface area contributed by atoms with E-state index in [0.29, 0.717) is 16.6 Å². The molecule has 0 unspecified atom stereocenters. The zero-order chi connectivity index (χ0) is 14.5. The van der Waals surface area contributed by atoms with E-state index in [1.165, 1.54) is 12.3 Å². The van der Waals surface area contributed by atoms with E-state index in [9.17, 15) is 10.1 Å². The van der Waals surface area contributed by atoms with Crippen LogP contribution < -0.4 is 5.32 Å². The summed E-state index contributed by atoms with van der Waals surface area (Å²) in [6.45, 7) is 0.352. The van der Waals surface area contributed by atoms with Crippen LogP contribution >= 0.6 is 15.9 Å². The van der Waals surface area contributed by atoms with Crippen molar-refractivity contribution in [2.45, 2.75) is 6.54 Å². The van der Waals surface area contributed by atoms with Crippen molar-refractivity contribution in [3.05, 3.63) is 62.2 Å². The largest absolute Gasteiger partial charge is 0.360 e. The van der Waals surface area contributed by atoms with Gasteiger partial charge in [0.2, 0.25) is 5.82 Å². The highest BCUT2D eigenvalue weighted by molar-refractivity contribution is 9.10. The Kier molecular flexibility index (Phi) is 4.27. The number of nitro groups is 1. The molecule has 1 aromatic carbocycles. The molecule has 0 atom stereocenters. The maximum Gasteiger partial charge on any atom is 0.312 e. The summed E-state index contributed by atoms with van der Waals surface area (Å²) in [5.74, 6) is 0.195. The van der Waals surface area contributed by atoms with E-state index in [1.807, 2.05) is 12.1 Å². The molecule has 6 nitrogen and oxygen atoms in total. The van der Waals surface area contributed by atoms with Gasteiger partial charge in [-0.25, -0.2) is 4.98 Å². The van der Waals surface area contributed by atoms with Crippen LogP contribution in [0.3, 0.4) is 0 Å². The van der Waals surface area contributed by atoms with Gasteiger partial charge in [0.1, 0.15) is 0 Å². The number of rotatable bonds is 4. The lowest BCUT2D eigenvalue weighted by Gasteiger charge is -2.06. The third-order valence-corrected chi connectivity index (χ3v) is 2.98. The molecule has 1 heterocycles. The molecule has 2 aromatic rings. The van der Waals surface area contributed by atoms with Gasteiger partial charge in [-0.15, -0.1) is 0 Å². The minimum absolute atomic E-state index is 0.101. The molecule has 7 heteroatoms. The highest BCUT2D eigenvalue weighted by Crippen LogP contribution is 2.25. The van der Waals surface area contributed by atoms with E-state index < -0.39 is 4.92 Å². The Morgan fingerprint density at radius 2 is 2.25 bits per heavy atom. The van der Waals surface area contributed by atoms with Crippen LogP contribution in [0.15, 0.2) is 41.0 Å². The number of benzene rings is 1. The number of halogens is 1. The van der Waals surface area contributed by atoms with Gasteiger partial charge < -0.3 is 5.32 Å². The van der Waals surface area contributed by atoms with Crippen molar-refractivity contribution < 1.29 is 4.92 Å². The molecule has 0 radical (unpaired) electrons. The number of aromatic nitrogens is 1. The fraction of sp³-hybridized carbons (Fsp3) is 0.0769. The minimum atomic E-state index is -0.494. The van der Waals surface area contributed by atoms with Crippen LogP contribution in [0.2, 0.25) is 0 Å². The van der Waals surface area contributed by atoms with E-state index >= 15 is 0 Å². The zero-order valence-electron chi connectivity index (χ0n) is 10.2. The number of nitrogens with one attached hydrogen (secondary N) is 1. The smallest absolute Gasteiger partial charge is 0.312 e. The second kappa shape index (κ2) is 6.12. The van der Waals surface area contributed by atoms with Crippen molar-refractivity contribution in [3.8, 4) is 6.07 Å². The summed E-state index contributed by atoms with van der Waals surface area (Å²) in [5.41, 5.74) is 1.29. The van der Waals surface area contributed by atoms with Gasteiger partial charge in [0.15, 0.2) is 0 Å². The van der Waals surface area contributed by atoms with E-state index in [1.54, 1.807) is 18.2 Å². The lowest BCUT2D eigenvalue weighted by Crippen LogP contribution is -2.04. The third-order valence-electron chi connectivity index (χ3n) is 2.55. The molecule has 20 heavy (non-hydrogen) atoms. The Hall–Kier alpha value is -2.46. The molecular formula is C13H9BrN4O2. The van der Waals surface area contributed by atoms with E-state index in [4.69, 9.17) is 5.26 Å². The normalized spacial score (nSPS) is 9.80. The number of nitriles is 1. The number of nitrogens with zero attached hydrogens (tertiary/aromatic N) is 3. The number of pyridine rings is 1. The van der Waals surface area contributed by atoms with Crippen molar-refractivity contribution in [3.63, 3.8) is 0 Å². The van der Waals surface area contributed by atoms with E-state index in [-0.39, 0.29) is 11.5 Å². The maximum atomic E-state index is 10.9. The predicted molar refractivity (Wildman–Crippen MR) is 77.1 cm³/mol. The molecule has 1 N–H and O–H groups in total. The first-order valence-corrected chi connectivity index (χ1v) is 6.42. The monoisotopic (exact) mass is 332 g/mol. The standard InChI is InChI=1S/C13H9BrN4O2/c14-11-5-12(18(19)20)13(17-8-11)16-7-10-3-1-2-9(4-10)6-15/h1-5,8H,7H2,(H,16,17). The minimum Gasteiger partial charge on any atom is -0.360 e. The number of hydrogen-bond donors (Lipinski definition) is 1. The number of anilines is 1. The second-order valence-electron chi connectivity index (χ2n) is 3.94. The molecule has 0 aliphatic rings. The predicted octanol–water partition coefficient (Wildman–Crippen LogP) is 3.24. The lowest BCUT2D eigenvalue weighted by molar-refractivity contribution is -0.384. The van der Waals surface area contributed by atoms with Gasteiger partial charge in [-0.3, -0.25) is 10.1 Å². The molecule has 0 saturated heterocycles. The Bertz CT molecular complexity index is 697. The molecule has 0 saturated carbocycles. The Labute approximate surface area is 123 Å².